The fraction of sp³-hybridized carbons (Fsp3) is 0.412. The summed E-state index contributed by atoms with van der Waals surface area (Å²) < 4.78 is 0. The zero-order valence-corrected chi connectivity index (χ0v) is 14.7. The third-order valence-corrected chi connectivity index (χ3v) is 7.20. The normalized spacial score (nSPS) is 14.0. The van der Waals surface area contributed by atoms with Crippen LogP contribution in [0.5, 0.6) is 0 Å². The van der Waals surface area contributed by atoms with Crippen LogP contribution in [-0.2, 0) is 9.59 Å². The van der Waals surface area contributed by atoms with Gasteiger partial charge >= 0.3 is 5.97 Å². The summed E-state index contributed by atoms with van der Waals surface area (Å²) in [5.41, 5.74) is 0.910. The largest absolute Gasteiger partial charge is 0.480 e. The highest BCUT2D eigenvalue weighted by Crippen LogP contribution is 2.20. The molecule has 2 unspecified atom stereocenters. The Morgan fingerprint density at radius 2 is 1.86 bits per heavy atom. The maximum absolute atomic E-state index is 11.3. The number of carbonyl (C=O) groups excluding carboxylic acids is 1. The second-order valence-corrected chi connectivity index (χ2v) is 11.1. The third kappa shape index (κ3) is 4.56. The molecule has 0 spiro atoms. The lowest BCUT2D eigenvalue weighted by Crippen LogP contribution is -2.43. The maximum Gasteiger partial charge on any atom is 0.326 e. The predicted octanol–water partition coefficient (Wildman–Crippen LogP) is 2.48. The Bertz CT molecular complexity index is 552. The van der Waals surface area contributed by atoms with Crippen molar-refractivity contribution in [1.82, 2.24) is 5.32 Å². The van der Waals surface area contributed by atoms with Gasteiger partial charge in [-0.25, -0.2) is 4.79 Å². The Kier molecular flexibility index (Phi) is 6.11. The molecule has 22 heavy (non-hydrogen) atoms. The summed E-state index contributed by atoms with van der Waals surface area (Å²) in [6.45, 7) is 11.5. The van der Waals surface area contributed by atoms with Crippen LogP contribution in [0.2, 0.25) is 19.1 Å². The Labute approximate surface area is 133 Å². The van der Waals surface area contributed by atoms with Crippen molar-refractivity contribution in [2.24, 2.45) is 0 Å². The molecule has 0 heterocycles. The number of nitrogens with one attached hydrogen (secondary N) is 1. The van der Waals surface area contributed by atoms with Crippen LogP contribution in [0.25, 0.3) is 0 Å². The minimum Gasteiger partial charge on any atom is -0.480 e. The SMILES string of the molecule is C=CC[Si](C)(C)c1ccc(C(C)C(NC(C)=O)C(=O)O)cc1. The molecule has 0 aliphatic carbocycles. The van der Waals surface area contributed by atoms with Gasteiger partial charge in [0.15, 0.2) is 0 Å². The van der Waals surface area contributed by atoms with Crippen molar-refractivity contribution in [3.8, 4) is 0 Å². The summed E-state index contributed by atoms with van der Waals surface area (Å²) in [7, 11) is -1.52. The Hall–Kier alpha value is -1.88. The number of amides is 1. The van der Waals surface area contributed by atoms with Crippen LogP contribution in [0.4, 0.5) is 0 Å². The average molecular weight is 319 g/mol. The van der Waals surface area contributed by atoms with E-state index in [2.05, 4.69) is 37.1 Å². The molecule has 2 atom stereocenters. The van der Waals surface area contributed by atoms with Gasteiger partial charge in [-0.05, 0) is 11.6 Å². The van der Waals surface area contributed by atoms with Crippen molar-refractivity contribution >= 4 is 25.1 Å². The summed E-state index contributed by atoms with van der Waals surface area (Å²) in [5, 5.41) is 13.1. The molecule has 4 nitrogen and oxygen atoms in total. The van der Waals surface area contributed by atoms with Gasteiger partial charge < -0.3 is 10.4 Å². The fourth-order valence-electron chi connectivity index (χ4n) is 2.53. The van der Waals surface area contributed by atoms with Crippen LogP contribution >= 0.6 is 0 Å². The van der Waals surface area contributed by atoms with Gasteiger partial charge in [-0.3, -0.25) is 4.79 Å². The highest BCUT2D eigenvalue weighted by Gasteiger charge is 2.27. The Morgan fingerprint density at radius 3 is 2.27 bits per heavy atom. The second-order valence-electron chi connectivity index (χ2n) is 6.30. The summed E-state index contributed by atoms with van der Waals surface area (Å²) in [6.07, 6.45) is 1.96. The molecule has 1 aromatic carbocycles. The first-order valence-corrected chi connectivity index (χ1v) is 10.6. The molecule has 1 aromatic rings. The lowest BCUT2D eigenvalue weighted by Gasteiger charge is -2.24. The van der Waals surface area contributed by atoms with E-state index in [0.29, 0.717) is 0 Å². The van der Waals surface area contributed by atoms with Gasteiger partial charge in [0.2, 0.25) is 5.91 Å². The van der Waals surface area contributed by atoms with Crippen LogP contribution in [0.3, 0.4) is 0 Å². The number of hydrogen-bond acceptors (Lipinski definition) is 2. The Balaban J connectivity index is 2.99. The van der Waals surface area contributed by atoms with Crippen molar-refractivity contribution in [2.45, 2.75) is 44.9 Å². The summed E-state index contributed by atoms with van der Waals surface area (Å²) >= 11 is 0. The van der Waals surface area contributed by atoms with Gasteiger partial charge in [-0.15, -0.1) is 6.58 Å². The van der Waals surface area contributed by atoms with Crippen LogP contribution < -0.4 is 10.5 Å². The first-order valence-electron chi connectivity index (χ1n) is 7.40. The molecule has 1 rings (SSSR count). The van der Waals surface area contributed by atoms with Gasteiger partial charge in [-0.2, -0.15) is 0 Å². The molecule has 1 amide bonds. The van der Waals surface area contributed by atoms with Gasteiger partial charge in [0.25, 0.3) is 0 Å². The topological polar surface area (TPSA) is 66.4 Å². The number of allylic oxidation sites excluding steroid dienone is 1. The van der Waals surface area contributed by atoms with Crippen molar-refractivity contribution in [1.29, 1.82) is 0 Å². The van der Waals surface area contributed by atoms with Crippen molar-refractivity contribution in [3.63, 3.8) is 0 Å². The average Bonchev–Trinajstić information content (AvgIpc) is 2.43. The van der Waals surface area contributed by atoms with E-state index in [1.54, 1.807) is 0 Å². The predicted molar refractivity (Wildman–Crippen MR) is 92.2 cm³/mol. The molecule has 2 N–H and O–H groups in total. The molecule has 120 valence electrons. The number of carbonyl (C=O) groups is 2. The minimum atomic E-state index is -1.52. The van der Waals surface area contributed by atoms with Crippen LogP contribution in [0, 0.1) is 0 Å². The van der Waals surface area contributed by atoms with Crippen molar-refractivity contribution in [2.75, 3.05) is 0 Å². The maximum atomic E-state index is 11.3. The summed E-state index contributed by atoms with van der Waals surface area (Å²) in [5.74, 6) is -1.65. The van der Waals surface area contributed by atoms with E-state index in [9.17, 15) is 14.7 Å². The minimum absolute atomic E-state index is 0.292. The molecule has 0 aliphatic heterocycles. The van der Waals surface area contributed by atoms with Crippen LogP contribution in [0.1, 0.15) is 25.3 Å². The number of aliphatic carboxylic acids is 1. The van der Waals surface area contributed by atoms with E-state index in [4.69, 9.17) is 0 Å². The summed E-state index contributed by atoms with van der Waals surface area (Å²) in [6, 6.07) is 8.18. The van der Waals surface area contributed by atoms with Gasteiger partial charge in [0, 0.05) is 12.8 Å². The van der Waals surface area contributed by atoms with E-state index in [-0.39, 0.29) is 11.8 Å². The second kappa shape index (κ2) is 7.40. The lowest BCUT2D eigenvalue weighted by molar-refractivity contribution is -0.142. The first kappa shape index (κ1) is 18.2. The van der Waals surface area contributed by atoms with E-state index < -0.39 is 20.1 Å². The molecule has 0 saturated heterocycles. The molecule has 0 bridgehead atoms. The van der Waals surface area contributed by atoms with Crippen LogP contribution in [-0.4, -0.2) is 31.1 Å². The molecule has 5 heteroatoms. The number of rotatable bonds is 7. The van der Waals surface area contributed by atoms with Gasteiger partial charge in [-0.1, -0.05) is 55.5 Å². The Morgan fingerprint density at radius 1 is 1.32 bits per heavy atom. The molecule has 0 aliphatic rings. The van der Waals surface area contributed by atoms with Gasteiger partial charge in [0.1, 0.15) is 6.04 Å². The van der Waals surface area contributed by atoms with E-state index in [1.165, 1.54) is 12.1 Å². The number of carboxylic acid groups (broad SMARTS) is 1. The first-order chi connectivity index (χ1) is 10.2. The summed E-state index contributed by atoms with van der Waals surface area (Å²) in [4.78, 5) is 22.5. The van der Waals surface area contributed by atoms with E-state index in [1.807, 2.05) is 25.1 Å². The highest BCUT2D eigenvalue weighted by molar-refractivity contribution is 6.90. The zero-order valence-electron chi connectivity index (χ0n) is 13.7. The fourth-order valence-corrected chi connectivity index (χ4v) is 4.56. The molecular weight excluding hydrogens is 294 g/mol. The highest BCUT2D eigenvalue weighted by atomic mass is 28.3. The van der Waals surface area contributed by atoms with Gasteiger partial charge in [0.05, 0.1) is 8.07 Å². The number of benzene rings is 1. The van der Waals surface area contributed by atoms with Crippen LogP contribution in [0.15, 0.2) is 36.9 Å². The molecule has 0 aromatic heterocycles. The quantitative estimate of drug-likeness (QED) is 0.599. The standard InChI is InChI=1S/C17H25NO3Si/c1-6-11-22(4,5)15-9-7-14(8-10-15)12(2)16(17(20)21)18-13(3)19/h6-10,12,16H,1,11H2,2-5H3,(H,18,19)(H,20,21). The van der Waals surface area contributed by atoms with E-state index in [0.717, 1.165) is 11.6 Å². The smallest absolute Gasteiger partial charge is 0.326 e. The zero-order chi connectivity index (χ0) is 16.9. The van der Waals surface area contributed by atoms with Crippen molar-refractivity contribution < 1.29 is 14.7 Å². The molecule has 0 saturated carbocycles. The molecule has 0 fully saturated rings. The molecular formula is C17H25NO3Si. The monoisotopic (exact) mass is 319 g/mol. The van der Waals surface area contributed by atoms with E-state index >= 15 is 0 Å². The number of hydrogen-bond donors (Lipinski definition) is 2. The lowest BCUT2D eigenvalue weighted by atomic mass is 9.93. The third-order valence-electron chi connectivity index (χ3n) is 4.00. The number of carboxylic acids is 1. The molecule has 0 radical (unpaired) electrons. The van der Waals surface area contributed by atoms with Crippen molar-refractivity contribution in [3.05, 3.63) is 42.5 Å².